The predicted molar refractivity (Wildman–Crippen MR) is 331 cm³/mol. The highest BCUT2D eigenvalue weighted by atomic mass is 16.5. The van der Waals surface area contributed by atoms with Crippen molar-refractivity contribution in [2.45, 2.75) is 101 Å². The lowest BCUT2D eigenvalue weighted by Gasteiger charge is -2.18. The summed E-state index contributed by atoms with van der Waals surface area (Å²) in [6, 6.07) is 27.6. The zero-order valence-corrected chi connectivity index (χ0v) is 49.3. The number of terminal acetylenes is 2. The molecule has 13 heteroatoms. The summed E-state index contributed by atoms with van der Waals surface area (Å²) in [5.74, 6) is 8.64. The molecular weight excluding hydrogens is 1030 g/mol. The molecule has 2 N–H and O–H groups in total. The van der Waals surface area contributed by atoms with Crippen molar-refractivity contribution in [1.82, 2.24) is 34.9 Å². The minimum absolute atomic E-state index is 0.104. The molecule has 0 amide bonds. The standard InChI is InChI=1S/C70H69N7O6/c1-14-22-81-65-30-50-24-47-27-62(78-11)66(82-23-15-2)31-51(47)25-49-29-64(80-13)67(32-52(49)26-48(50)28-63(65)79-12)83-38-53-37-77(76-75-53)36-45-18-20-46(21-19-45)68-69-41(7)39(5)56(73-69)33-58-43(9)54(16-3)60(71-58)35-61-55(17-4)44(10)59(72-61)34-57-40(6)42(8)70(68)74-57/h1-2,18-21,27-35,37,71-72H,16-17,22-26,36,38H2,3-13H3. The number of methoxy groups -OCH3 is 3. The normalized spacial score (nSPS) is 12.8. The van der Waals surface area contributed by atoms with Crippen LogP contribution in [0.1, 0.15) is 131 Å². The Kier molecular flexibility index (Phi) is 15.5. The van der Waals surface area contributed by atoms with Crippen LogP contribution in [-0.2, 0) is 45.3 Å². The Bertz CT molecular complexity index is 4090. The van der Waals surface area contributed by atoms with Crippen LogP contribution in [0.15, 0.2) is 85.1 Å². The van der Waals surface area contributed by atoms with E-state index in [2.05, 4.69) is 142 Å². The average molecular weight is 1100 g/mol. The maximum atomic E-state index is 6.59. The molecule has 2 aliphatic heterocycles. The number of aromatic nitrogens is 7. The van der Waals surface area contributed by atoms with Crippen molar-refractivity contribution in [3.05, 3.63) is 175 Å². The molecule has 0 spiro atoms. The van der Waals surface area contributed by atoms with Crippen LogP contribution in [0, 0.1) is 38.5 Å². The van der Waals surface area contributed by atoms with Crippen molar-refractivity contribution < 1.29 is 28.4 Å². The van der Waals surface area contributed by atoms with Gasteiger partial charge in [-0.3, -0.25) is 0 Å². The van der Waals surface area contributed by atoms with E-state index in [9.17, 15) is 0 Å². The van der Waals surface area contributed by atoms with Gasteiger partial charge in [0.2, 0.25) is 0 Å². The van der Waals surface area contributed by atoms with Gasteiger partial charge in [-0.2, -0.15) is 0 Å². The molecule has 0 radical (unpaired) electrons. The molecule has 83 heavy (non-hydrogen) atoms. The van der Waals surface area contributed by atoms with E-state index >= 15 is 0 Å². The van der Waals surface area contributed by atoms with Gasteiger partial charge in [0.1, 0.15) is 25.5 Å². The van der Waals surface area contributed by atoms with E-state index in [0.29, 0.717) is 66.0 Å². The third-order valence-electron chi connectivity index (χ3n) is 16.8. The van der Waals surface area contributed by atoms with E-state index in [1.165, 1.54) is 22.3 Å². The van der Waals surface area contributed by atoms with Crippen molar-refractivity contribution in [1.29, 1.82) is 0 Å². The van der Waals surface area contributed by atoms with Crippen molar-refractivity contribution >= 4 is 44.4 Å². The third kappa shape index (κ3) is 10.6. The number of aromatic amines is 2. The first kappa shape index (κ1) is 55.4. The average Bonchev–Trinajstić information content (AvgIpc) is 3.17. The lowest BCUT2D eigenvalue weighted by atomic mass is 9.94. The zero-order valence-electron chi connectivity index (χ0n) is 49.3. The van der Waals surface area contributed by atoms with Gasteiger partial charge in [0.15, 0.2) is 34.5 Å². The first-order chi connectivity index (χ1) is 40.2. The molecule has 0 unspecified atom stereocenters. The van der Waals surface area contributed by atoms with Crippen LogP contribution in [-0.4, -0.2) is 69.5 Å². The first-order valence-corrected chi connectivity index (χ1v) is 28.2. The Labute approximate surface area is 485 Å². The minimum Gasteiger partial charge on any atom is -0.493 e. The summed E-state index contributed by atoms with van der Waals surface area (Å²) >= 11 is 0. The Morgan fingerprint density at radius 2 is 0.940 bits per heavy atom. The van der Waals surface area contributed by atoms with Gasteiger partial charge < -0.3 is 38.4 Å². The molecule has 420 valence electrons. The summed E-state index contributed by atoms with van der Waals surface area (Å²) in [5.41, 5.74) is 27.8. The number of nitrogens with zero attached hydrogens (tertiary/aromatic N) is 5. The summed E-state index contributed by atoms with van der Waals surface area (Å²) < 4.78 is 38.1. The van der Waals surface area contributed by atoms with Gasteiger partial charge in [-0.25, -0.2) is 14.6 Å². The summed E-state index contributed by atoms with van der Waals surface area (Å²) in [4.78, 5) is 18.5. The molecule has 13 nitrogen and oxygen atoms in total. The smallest absolute Gasteiger partial charge is 0.162 e. The summed E-state index contributed by atoms with van der Waals surface area (Å²) in [6.45, 7) is 18.4. The van der Waals surface area contributed by atoms with Crippen LogP contribution in [0.2, 0.25) is 0 Å². The topological polar surface area (TPSA) is 143 Å². The Hall–Kier alpha value is -9.46. The van der Waals surface area contributed by atoms with Crippen LogP contribution in [0.5, 0.6) is 34.5 Å². The van der Waals surface area contributed by atoms with E-state index in [1.54, 1.807) is 21.3 Å². The van der Waals surface area contributed by atoms with Crippen LogP contribution in [0.4, 0.5) is 0 Å². The van der Waals surface area contributed by atoms with Crippen molar-refractivity contribution in [2.24, 2.45) is 0 Å². The number of allylic oxidation sites excluding steroid dienone is 4. The number of hydrogen-bond donors (Lipinski definition) is 2. The van der Waals surface area contributed by atoms with Crippen molar-refractivity contribution in [3.63, 3.8) is 0 Å². The van der Waals surface area contributed by atoms with E-state index in [-0.39, 0.29) is 19.8 Å². The van der Waals surface area contributed by atoms with Crippen LogP contribution >= 0.6 is 0 Å². The summed E-state index contributed by atoms with van der Waals surface area (Å²) in [5, 5.41) is 9.11. The molecular formula is C70H69N7O6. The maximum absolute atomic E-state index is 6.59. The van der Waals surface area contributed by atoms with Crippen LogP contribution < -0.4 is 28.4 Å². The fraction of sp³-hybridized carbons (Fsp3) is 0.286. The molecule has 1 aliphatic carbocycles. The van der Waals surface area contributed by atoms with Crippen molar-refractivity contribution in [3.8, 4) is 70.3 Å². The van der Waals surface area contributed by atoms with Gasteiger partial charge in [0.05, 0.1) is 56.8 Å². The van der Waals surface area contributed by atoms with Gasteiger partial charge in [-0.1, -0.05) is 55.2 Å². The van der Waals surface area contributed by atoms with E-state index < -0.39 is 0 Å². The number of fused-ring (bicyclic) bond motifs is 11. The SMILES string of the molecule is C#CCOc1cc2c(cc1OC)Cc1cc(OCc3cn(Cc4ccc(-c5c6nc(cc7[nH]c(cc8[nH]c(cc9nc5C(C)=C9C)c(C)c8CC)c(CC)c7C)C(C)=C6C)cc4)nn3)c(OC)cc1Cc1cc(OCC#C)c(OC)cc1C2. The fourth-order valence-corrected chi connectivity index (χ4v) is 11.9. The molecule has 0 saturated heterocycles. The van der Waals surface area contributed by atoms with Gasteiger partial charge in [-0.05, 0) is 217 Å². The molecule has 4 aromatic heterocycles. The number of aryl methyl sites for hydroxylation is 4. The molecule has 8 bridgehead atoms. The first-order valence-electron chi connectivity index (χ1n) is 28.2. The molecule has 0 fully saturated rings. The molecule has 8 aromatic rings. The second kappa shape index (κ2) is 23.2. The van der Waals surface area contributed by atoms with Gasteiger partial charge in [0, 0.05) is 27.6 Å². The highest BCUT2D eigenvalue weighted by Gasteiger charge is 2.27. The number of H-pyrrole nitrogens is 2. The minimum atomic E-state index is 0.104. The highest BCUT2D eigenvalue weighted by molar-refractivity contribution is 6.01. The lowest BCUT2D eigenvalue weighted by molar-refractivity contribution is 0.280. The summed E-state index contributed by atoms with van der Waals surface area (Å²) in [6.07, 6.45) is 16.7. The fourth-order valence-electron chi connectivity index (χ4n) is 11.9. The highest BCUT2D eigenvalue weighted by Crippen LogP contribution is 2.44. The quantitative estimate of drug-likeness (QED) is 0.0952. The second-order valence-electron chi connectivity index (χ2n) is 21.5. The monoisotopic (exact) mass is 1100 g/mol. The maximum Gasteiger partial charge on any atom is 0.162 e. The number of rotatable bonds is 15. The third-order valence-corrected chi connectivity index (χ3v) is 16.8. The Morgan fingerprint density at radius 3 is 1.35 bits per heavy atom. The second-order valence-corrected chi connectivity index (χ2v) is 21.5. The number of ether oxygens (including phenoxy) is 6. The van der Waals surface area contributed by atoms with Gasteiger partial charge in [-0.15, -0.1) is 17.9 Å². The number of benzene rings is 4. The predicted octanol–water partition coefficient (Wildman–Crippen LogP) is 14.0. The molecule has 0 atom stereocenters. The lowest BCUT2D eigenvalue weighted by Crippen LogP contribution is -2.04. The summed E-state index contributed by atoms with van der Waals surface area (Å²) in [7, 11) is 4.91. The largest absolute Gasteiger partial charge is 0.493 e. The zero-order chi connectivity index (χ0) is 58.2. The van der Waals surface area contributed by atoms with Crippen LogP contribution in [0.25, 0.3) is 55.5 Å². The van der Waals surface area contributed by atoms with Gasteiger partial charge >= 0.3 is 0 Å². The van der Waals surface area contributed by atoms with E-state index in [0.717, 1.165) is 130 Å². The van der Waals surface area contributed by atoms with E-state index in [4.69, 9.17) is 51.2 Å². The van der Waals surface area contributed by atoms with E-state index in [1.807, 2.05) is 35.1 Å². The van der Waals surface area contributed by atoms with Crippen LogP contribution in [0.3, 0.4) is 0 Å². The molecule has 0 saturated carbocycles. The van der Waals surface area contributed by atoms with Gasteiger partial charge in [0.25, 0.3) is 0 Å². The Balaban J connectivity index is 0.909. The molecule has 6 heterocycles. The number of nitrogens with one attached hydrogen (secondary N) is 2. The van der Waals surface area contributed by atoms with Crippen molar-refractivity contribution in [2.75, 3.05) is 34.5 Å². The number of hydrogen-bond acceptors (Lipinski definition) is 10. The Morgan fingerprint density at radius 1 is 0.518 bits per heavy atom. The molecule has 4 aromatic carbocycles. The molecule has 3 aliphatic rings. The molecule has 11 rings (SSSR count).